The molecule has 0 aliphatic rings. The van der Waals surface area contributed by atoms with Gasteiger partial charge in [0, 0.05) is 34.9 Å². The summed E-state index contributed by atoms with van der Waals surface area (Å²) in [5, 5.41) is 3.49. The van der Waals surface area contributed by atoms with Gasteiger partial charge in [-0.15, -0.1) is 0 Å². The quantitative estimate of drug-likeness (QED) is 0.808. The van der Waals surface area contributed by atoms with Crippen LogP contribution in [0.1, 0.15) is 25.8 Å². The second-order valence-electron chi connectivity index (χ2n) is 4.73. The van der Waals surface area contributed by atoms with E-state index in [1.807, 2.05) is 6.07 Å². The Hall–Kier alpha value is -0.670. The molecule has 0 spiro atoms. The maximum atomic E-state index is 11.1. The predicted octanol–water partition coefficient (Wildman–Crippen LogP) is 2.36. The van der Waals surface area contributed by atoms with Crippen LogP contribution in [-0.4, -0.2) is 28.3 Å². The van der Waals surface area contributed by atoms with E-state index in [0.29, 0.717) is 12.1 Å². The minimum absolute atomic E-state index is 0.326. The molecule has 0 saturated carbocycles. The molecule has 3 heteroatoms. The highest BCUT2D eigenvalue weighted by molar-refractivity contribution is 7.84. The molecule has 0 aliphatic carbocycles. The second-order valence-corrected chi connectivity index (χ2v) is 6.21. The van der Waals surface area contributed by atoms with Crippen molar-refractivity contribution in [3.8, 4) is 0 Å². The predicted molar refractivity (Wildman–Crippen MR) is 75.8 cm³/mol. The molecule has 1 N–H and O–H groups in total. The van der Waals surface area contributed by atoms with Crippen LogP contribution in [-0.2, 0) is 17.2 Å². The van der Waals surface area contributed by atoms with Gasteiger partial charge in [0.05, 0.1) is 0 Å². The maximum absolute atomic E-state index is 11.1. The molecule has 3 atom stereocenters. The van der Waals surface area contributed by atoms with E-state index >= 15 is 0 Å². The van der Waals surface area contributed by atoms with Crippen LogP contribution in [0.3, 0.4) is 0 Å². The molecular formula is C14H23NOS. The number of hydrogen-bond donors (Lipinski definition) is 1. The highest BCUT2D eigenvalue weighted by Crippen LogP contribution is 2.05. The van der Waals surface area contributed by atoms with Gasteiger partial charge in [-0.1, -0.05) is 30.3 Å². The Balaban J connectivity index is 2.25. The zero-order valence-corrected chi connectivity index (χ0v) is 11.8. The van der Waals surface area contributed by atoms with Crippen LogP contribution < -0.4 is 5.32 Å². The molecule has 0 aliphatic heterocycles. The zero-order valence-electron chi connectivity index (χ0n) is 11.0. The summed E-state index contributed by atoms with van der Waals surface area (Å²) in [6, 6.07) is 11.3. The van der Waals surface area contributed by atoms with Crippen molar-refractivity contribution in [1.29, 1.82) is 0 Å². The second kappa shape index (κ2) is 7.62. The third kappa shape index (κ3) is 6.59. The minimum atomic E-state index is -0.714. The molecule has 96 valence electrons. The summed E-state index contributed by atoms with van der Waals surface area (Å²) in [5.74, 6) is 0.732. The lowest BCUT2D eigenvalue weighted by molar-refractivity contribution is 0.467. The summed E-state index contributed by atoms with van der Waals surface area (Å²) < 4.78 is 11.1. The van der Waals surface area contributed by atoms with E-state index in [2.05, 4.69) is 43.4 Å². The van der Waals surface area contributed by atoms with Crippen molar-refractivity contribution in [3.63, 3.8) is 0 Å². The molecule has 0 heterocycles. The zero-order chi connectivity index (χ0) is 12.7. The van der Waals surface area contributed by atoms with E-state index in [0.717, 1.165) is 18.6 Å². The van der Waals surface area contributed by atoms with E-state index < -0.39 is 10.8 Å². The summed E-state index contributed by atoms with van der Waals surface area (Å²) >= 11 is 0. The summed E-state index contributed by atoms with van der Waals surface area (Å²) in [5.41, 5.74) is 1.38. The standard InChI is InChI=1S/C14H23NOS/c1-12(15-13(2)11-17(3)16)9-10-14-7-5-4-6-8-14/h4-8,12-13,15H,9-11H2,1-3H3. The average molecular weight is 253 g/mol. The van der Waals surface area contributed by atoms with Gasteiger partial charge in [0.2, 0.25) is 0 Å². The van der Waals surface area contributed by atoms with Crippen LogP contribution in [0.2, 0.25) is 0 Å². The van der Waals surface area contributed by atoms with Crippen molar-refractivity contribution >= 4 is 10.8 Å². The Morgan fingerprint density at radius 1 is 1.18 bits per heavy atom. The van der Waals surface area contributed by atoms with Gasteiger partial charge < -0.3 is 5.32 Å². The lowest BCUT2D eigenvalue weighted by Crippen LogP contribution is -2.38. The van der Waals surface area contributed by atoms with E-state index in [4.69, 9.17) is 0 Å². The number of hydrogen-bond acceptors (Lipinski definition) is 2. The molecule has 0 radical (unpaired) electrons. The largest absolute Gasteiger partial charge is 0.311 e. The first kappa shape index (κ1) is 14.4. The number of benzene rings is 1. The molecule has 3 unspecified atom stereocenters. The number of aryl methyl sites for hydroxylation is 1. The summed E-state index contributed by atoms with van der Waals surface area (Å²) in [4.78, 5) is 0. The lowest BCUT2D eigenvalue weighted by Gasteiger charge is -2.19. The third-order valence-corrected chi connectivity index (χ3v) is 3.73. The summed E-state index contributed by atoms with van der Waals surface area (Å²) in [6.07, 6.45) is 3.97. The molecule has 0 bridgehead atoms. The first-order chi connectivity index (χ1) is 8.08. The van der Waals surface area contributed by atoms with Crippen LogP contribution >= 0.6 is 0 Å². The molecule has 17 heavy (non-hydrogen) atoms. The fraction of sp³-hybridized carbons (Fsp3) is 0.571. The van der Waals surface area contributed by atoms with Crippen molar-refractivity contribution in [2.75, 3.05) is 12.0 Å². The van der Waals surface area contributed by atoms with Gasteiger partial charge in [0.1, 0.15) is 0 Å². The molecule has 1 aromatic rings. The third-order valence-electron chi connectivity index (χ3n) is 2.76. The first-order valence-electron chi connectivity index (χ1n) is 6.18. The van der Waals surface area contributed by atoms with E-state index in [-0.39, 0.29) is 0 Å². The molecule has 0 fully saturated rings. The maximum Gasteiger partial charge on any atom is 0.0383 e. The van der Waals surface area contributed by atoms with Crippen molar-refractivity contribution in [2.24, 2.45) is 0 Å². The highest BCUT2D eigenvalue weighted by atomic mass is 32.2. The molecule has 0 amide bonds. The fourth-order valence-electron chi connectivity index (χ4n) is 2.00. The molecule has 0 aromatic heterocycles. The van der Waals surface area contributed by atoms with E-state index in [1.54, 1.807) is 6.26 Å². The SMILES string of the molecule is CC(CCc1ccccc1)NC(C)CS(C)=O. The summed E-state index contributed by atoms with van der Waals surface area (Å²) in [7, 11) is -0.714. The average Bonchev–Trinajstić information content (AvgIpc) is 2.26. The summed E-state index contributed by atoms with van der Waals surface area (Å²) in [6.45, 7) is 4.29. The fourth-order valence-corrected chi connectivity index (χ4v) is 2.80. The van der Waals surface area contributed by atoms with Gasteiger partial charge in [-0.2, -0.15) is 0 Å². The Labute approximate surface area is 107 Å². The number of nitrogens with one attached hydrogen (secondary N) is 1. The van der Waals surface area contributed by atoms with Gasteiger partial charge in [0.25, 0.3) is 0 Å². The molecular weight excluding hydrogens is 230 g/mol. The Bertz CT molecular complexity index is 339. The number of rotatable bonds is 7. The van der Waals surface area contributed by atoms with Crippen LogP contribution in [0, 0.1) is 0 Å². The molecule has 1 rings (SSSR count). The first-order valence-corrected chi connectivity index (χ1v) is 7.90. The Morgan fingerprint density at radius 3 is 2.41 bits per heavy atom. The van der Waals surface area contributed by atoms with Crippen molar-refractivity contribution < 1.29 is 4.21 Å². The monoisotopic (exact) mass is 253 g/mol. The van der Waals surface area contributed by atoms with Gasteiger partial charge in [-0.05, 0) is 32.3 Å². The minimum Gasteiger partial charge on any atom is -0.311 e. The molecule has 1 aromatic carbocycles. The van der Waals surface area contributed by atoms with Crippen LogP contribution in [0.4, 0.5) is 0 Å². The normalized spacial score (nSPS) is 16.4. The van der Waals surface area contributed by atoms with Gasteiger partial charge >= 0.3 is 0 Å². The van der Waals surface area contributed by atoms with E-state index in [1.165, 1.54) is 5.56 Å². The Kier molecular flexibility index (Phi) is 6.45. The van der Waals surface area contributed by atoms with E-state index in [9.17, 15) is 4.21 Å². The molecule has 0 saturated heterocycles. The van der Waals surface area contributed by atoms with Gasteiger partial charge in [-0.25, -0.2) is 0 Å². The van der Waals surface area contributed by atoms with Crippen molar-refractivity contribution in [3.05, 3.63) is 35.9 Å². The highest BCUT2D eigenvalue weighted by Gasteiger charge is 2.08. The van der Waals surface area contributed by atoms with Gasteiger partial charge in [-0.3, -0.25) is 4.21 Å². The van der Waals surface area contributed by atoms with Crippen molar-refractivity contribution in [2.45, 2.75) is 38.8 Å². The Morgan fingerprint density at radius 2 is 1.82 bits per heavy atom. The topological polar surface area (TPSA) is 29.1 Å². The molecule has 2 nitrogen and oxygen atoms in total. The lowest BCUT2D eigenvalue weighted by atomic mass is 10.1. The smallest absolute Gasteiger partial charge is 0.0383 e. The van der Waals surface area contributed by atoms with Gasteiger partial charge in [0.15, 0.2) is 0 Å². The van der Waals surface area contributed by atoms with Crippen molar-refractivity contribution in [1.82, 2.24) is 5.32 Å². The van der Waals surface area contributed by atoms with Crippen LogP contribution in [0.5, 0.6) is 0 Å². The van der Waals surface area contributed by atoms with Crippen LogP contribution in [0.25, 0.3) is 0 Å². The van der Waals surface area contributed by atoms with Crippen LogP contribution in [0.15, 0.2) is 30.3 Å².